The van der Waals surface area contributed by atoms with Crippen LogP contribution in [-0.4, -0.2) is 29.1 Å². The zero-order valence-electron chi connectivity index (χ0n) is 13.7. The van der Waals surface area contributed by atoms with E-state index in [9.17, 15) is 9.90 Å². The maximum absolute atomic E-state index is 12.3. The molecule has 130 valence electrons. The highest BCUT2D eigenvalue weighted by Gasteiger charge is 2.15. The quantitative estimate of drug-likeness (QED) is 0.624. The molecule has 1 atom stereocenters. The number of benzene rings is 1. The molecule has 3 aromatic rings. The van der Waals surface area contributed by atoms with Crippen molar-refractivity contribution in [1.82, 2.24) is 10.3 Å². The van der Waals surface area contributed by atoms with Gasteiger partial charge in [-0.15, -0.1) is 22.7 Å². The number of thiophene rings is 1. The number of aliphatic hydroxyl groups excluding tert-OH is 1. The van der Waals surface area contributed by atoms with E-state index in [1.807, 2.05) is 41.8 Å². The number of aliphatic hydroxyl groups is 1. The molecule has 0 saturated carbocycles. The maximum Gasteiger partial charge on any atom is 0.270 e. The smallest absolute Gasteiger partial charge is 0.270 e. The number of carbonyl (C=O) groups is 1. The van der Waals surface area contributed by atoms with Crippen molar-refractivity contribution in [3.63, 3.8) is 0 Å². The summed E-state index contributed by atoms with van der Waals surface area (Å²) in [6.07, 6.45) is 1.52. The van der Waals surface area contributed by atoms with Crippen molar-refractivity contribution in [2.45, 2.75) is 18.8 Å². The molecule has 0 aliphatic rings. The zero-order valence-corrected chi connectivity index (χ0v) is 15.4. The zero-order chi connectivity index (χ0) is 17.5. The average Bonchev–Trinajstić information content (AvgIpc) is 3.33. The number of aromatic nitrogens is 1. The third-order valence-corrected chi connectivity index (χ3v) is 5.89. The van der Waals surface area contributed by atoms with Crippen LogP contribution >= 0.6 is 22.7 Å². The van der Waals surface area contributed by atoms with E-state index in [1.54, 1.807) is 16.7 Å². The standard InChI is InChI=1S/C19H20N2O2S2/c22-11-9-14(17-7-4-12-24-17)8-10-20-18(23)16-13-25-19(21-16)15-5-2-1-3-6-15/h1-7,12-14,22H,8-11H2,(H,20,23). The molecule has 0 radical (unpaired) electrons. The normalized spacial score (nSPS) is 12.0. The molecule has 6 heteroatoms. The minimum atomic E-state index is -0.146. The van der Waals surface area contributed by atoms with Gasteiger partial charge in [0, 0.05) is 29.0 Å². The summed E-state index contributed by atoms with van der Waals surface area (Å²) >= 11 is 3.17. The van der Waals surface area contributed by atoms with Crippen LogP contribution in [0.4, 0.5) is 0 Å². The van der Waals surface area contributed by atoms with E-state index in [4.69, 9.17) is 0 Å². The highest BCUT2D eigenvalue weighted by molar-refractivity contribution is 7.13. The Balaban J connectivity index is 1.55. The van der Waals surface area contributed by atoms with Gasteiger partial charge in [0.15, 0.2) is 0 Å². The van der Waals surface area contributed by atoms with E-state index in [0.29, 0.717) is 18.7 Å². The first-order chi connectivity index (χ1) is 12.3. The summed E-state index contributed by atoms with van der Waals surface area (Å²) in [5, 5.41) is 16.9. The number of nitrogens with one attached hydrogen (secondary N) is 1. The van der Waals surface area contributed by atoms with Gasteiger partial charge in [0.1, 0.15) is 10.7 Å². The molecule has 0 bridgehead atoms. The summed E-state index contributed by atoms with van der Waals surface area (Å²) in [6, 6.07) is 14.0. The van der Waals surface area contributed by atoms with Crippen molar-refractivity contribution in [2.75, 3.05) is 13.2 Å². The first-order valence-electron chi connectivity index (χ1n) is 8.21. The summed E-state index contributed by atoms with van der Waals surface area (Å²) in [4.78, 5) is 18.0. The lowest BCUT2D eigenvalue weighted by Crippen LogP contribution is -2.26. The van der Waals surface area contributed by atoms with Gasteiger partial charge in [-0.2, -0.15) is 0 Å². The van der Waals surface area contributed by atoms with Crippen LogP contribution in [0.15, 0.2) is 53.2 Å². The minimum absolute atomic E-state index is 0.146. The van der Waals surface area contributed by atoms with Gasteiger partial charge in [0.2, 0.25) is 0 Å². The van der Waals surface area contributed by atoms with Gasteiger partial charge in [-0.05, 0) is 30.2 Å². The van der Waals surface area contributed by atoms with E-state index in [-0.39, 0.29) is 18.4 Å². The lowest BCUT2D eigenvalue weighted by molar-refractivity contribution is 0.0948. The number of amides is 1. The molecule has 1 unspecified atom stereocenters. The van der Waals surface area contributed by atoms with Crippen molar-refractivity contribution in [2.24, 2.45) is 0 Å². The number of thiazole rings is 1. The summed E-state index contributed by atoms with van der Waals surface area (Å²) in [5.74, 6) is 0.132. The van der Waals surface area contributed by atoms with Crippen molar-refractivity contribution < 1.29 is 9.90 Å². The summed E-state index contributed by atoms with van der Waals surface area (Å²) in [5.41, 5.74) is 1.48. The predicted molar refractivity (Wildman–Crippen MR) is 103 cm³/mol. The molecule has 0 fully saturated rings. The summed E-state index contributed by atoms with van der Waals surface area (Å²) < 4.78 is 0. The predicted octanol–water partition coefficient (Wildman–Crippen LogP) is 4.16. The molecule has 3 rings (SSSR count). The lowest BCUT2D eigenvalue weighted by Gasteiger charge is -2.14. The third-order valence-electron chi connectivity index (χ3n) is 3.96. The Morgan fingerprint density at radius 1 is 1.12 bits per heavy atom. The largest absolute Gasteiger partial charge is 0.396 e. The Labute approximate surface area is 155 Å². The molecule has 0 aliphatic carbocycles. The fraction of sp³-hybridized carbons (Fsp3) is 0.263. The third kappa shape index (κ3) is 4.75. The van der Waals surface area contributed by atoms with Crippen LogP contribution in [0.3, 0.4) is 0 Å². The molecular formula is C19H20N2O2S2. The molecule has 4 nitrogen and oxygen atoms in total. The van der Waals surface area contributed by atoms with Crippen molar-refractivity contribution >= 4 is 28.6 Å². The first-order valence-corrected chi connectivity index (χ1v) is 9.97. The molecule has 2 N–H and O–H groups in total. The molecule has 2 heterocycles. The van der Waals surface area contributed by atoms with Gasteiger partial charge in [0.25, 0.3) is 5.91 Å². The average molecular weight is 373 g/mol. The van der Waals surface area contributed by atoms with E-state index >= 15 is 0 Å². The fourth-order valence-electron chi connectivity index (χ4n) is 2.65. The monoisotopic (exact) mass is 372 g/mol. The molecule has 2 aromatic heterocycles. The van der Waals surface area contributed by atoms with Crippen molar-refractivity contribution in [3.8, 4) is 10.6 Å². The second kappa shape index (κ2) is 8.89. The lowest BCUT2D eigenvalue weighted by atomic mass is 10.00. The van der Waals surface area contributed by atoms with Gasteiger partial charge in [-0.3, -0.25) is 4.79 Å². The number of hydrogen-bond donors (Lipinski definition) is 2. The highest BCUT2D eigenvalue weighted by Crippen LogP contribution is 2.27. The van der Waals surface area contributed by atoms with Gasteiger partial charge in [-0.1, -0.05) is 36.4 Å². The Morgan fingerprint density at radius 3 is 2.68 bits per heavy atom. The fourth-order valence-corrected chi connectivity index (χ4v) is 4.36. The van der Waals surface area contributed by atoms with Crippen LogP contribution < -0.4 is 5.32 Å². The highest BCUT2D eigenvalue weighted by atomic mass is 32.1. The van der Waals surface area contributed by atoms with Crippen molar-refractivity contribution in [3.05, 3.63) is 63.8 Å². The molecule has 0 aliphatic heterocycles. The van der Waals surface area contributed by atoms with Gasteiger partial charge in [-0.25, -0.2) is 4.98 Å². The molecule has 0 saturated heterocycles. The van der Waals surface area contributed by atoms with Crippen molar-refractivity contribution in [1.29, 1.82) is 0 Å². The molecule has 1 amide bonds. The molecule has 0 spiro atoms. The van der Waals surface area contributed by atoms with Crippen LogP contribution in [-0.2, 0) is 0 Å². The Hall–Kier alpha value is -2.02. The van der Waals surface area contributed by atoms with Crippen LogP contribution in [0.25, 0.3) is 10.6 Å². The molecular weight excluding hydrogens is 352 g/mol. The molecule has 1 aromatic carbocycles. The number of hydrogen-bond acceptors (Lipinski definition) is 5. The van der Waals surface area contributed by atoms with Crippen LogP contribution in [0.5, 0.6) is 0 Å². The Kier molecular flexibility index (Phi) is 6.33. The van der Waals surface area contributed by atoms with Crippen LogP contribution in [0, 0.1) is 0 Å². The maximum atomic E-state index is 12.3. The van der Waals surface area contributed by atoms with E-state index in [2.05, 4.69) is 16.4 Å². The number of carbonyl (C=O) groups excluding carboxylic acids is 1. The minimum Gasteiger partial charge on any atom is -0.396 e. The topological polar surface area (TPSA) is 62.2 Å². The Morgan fingerprint density at radius 2 is 1.96 bits per heavy atom. The van der Waals surface area contributed by atoms with Gasteiger partial charge < -0.3 is 10.4 Å². The number of nitrogens with zero attached hydrogens (tertiary/aromatic N) is 1. The van der Waals surface area contributed by atoms with E-state index in [0.717, 1.165) is 17.0 Å². The van der Waals surface area contributed by atoms with Gasteiger partial charge >= 0.3 is 0 Å². The second-order valence-corrected chi connectivity index (χ2v) is 7.51. The molecule has 25 heavy (non-hydrogen) atoms. The summed E-state index contributed by atoms with van der Waals surface area (Å²) in [6.45, 7) is 0.725. The first kappa shape index (κ1) is 17.8. The Bertz CT molecular complexity index is 785. The van der Waals surface area contributed by atoms with Gasteiger partial charge in [0.05, 0.1) is 0 Å². The van der Waals surface area contributed by atoms with Crippen LogP contribution in [0.2, 0.25) is 0 Å². The van der Waals surface area contributed by atoms with E-state index < -0.39 is 0 Å². The SMILES string of the molecule is O=C(NCCC(CCO)c1cccs1)c1csc(-c2ccccc2)n1. The number of rotatable bonds is 8. The summed E-state index contributed by atoms with van der Waals surface area (Å²) in [7, 11) is 0. The van der Waals surface area contributed by atoms with Crippen LogP contribution in [0.1, 0.15) is 34.1 Å². The van der Waals surface area contributed by atoms with E-state index in [1.165, 1.54) is 16.2 Å². The second-order valence-electron chi connectivity index (χ2n) is 5.67.